The van der Waals surface area contributed by atoms with Crippen LogP contribution in [0.25, 0.3) is 0 Å². The smallest absolute Gasteiger partial charge is 0.233 e. The van der Waals surface area contributed by atoms with Gasteiger partial charge in [-0.15, -0.1) is 0 Å². The van der Waals surface area contributed by atoms with Crippen LogP contribution in [0.2, 0.25) is 0 Å². The van der Waals surface area contributed by atoms with Gasteiger partial charge in [-0.2, -0.15) is 0 Å². The molecule has 4 aliphatic rings. The van der Waals surface area contributed by atoms with Crippen LogP contribution in [-0.2, 0) is 27.3 Å². The molecule has 3 aliphatic carbocycles. The van der Waals surface area contributed by atoms with Gasteiger partial charge in [0.2, 0.25) is 5.91 Å². The molecule has 1 saturated heterocycles. The highest BCUT2D eigenvalue weighted by Crippen LogP contribution is 2.51. The molecule has 0 spiro atoms. The summed E-state index contributed by atoms with van der Waals surface area (Å²) in [5, 5.41) is 31.0. The SMILES string of the molecule is CC1CCCN1Cc1cc(O)c2c(c1F)CC1CC3C(N(C)C)C(=O)C(C(N)=O)C(=N)C3(O)C(=O)C1C2=O. The van der Waals surface area contributed by atoms with Crippen molar-refractivity contribution in [2.24, 2.45) is 29.4 Å². The highest BCUT2D eigenvalue weighted by molar-refractivity contribution is 6.33. The summed E-state index contributed by atoms with van der Waals surface area (Å²) < 4.78 is 15.8. The van der Waals surface area contributed by atoms with Gasteiger partial charge in [0.05, 0.1) is 23.2 Å². The number of rotatable bonds is 4. The van der Waals surface area contributed by atoms with Crippen molar-refractivity contribution in [1.82, 2.24) is 9.80 Å². The summed E-state index contributed by atoms with van der Waals surface area (Å²) in [6, 6.07) is 0.377. The van der Waals surface area contributed by atoms with E-state index < -0.39 is 75.8 Å². The molecule has 5 N–H and O–H groups in total. The number of phenols is 1. The summed E-state index contributed by atoms with van der Waals surface area (Å²) in [6.07, 6.45) is 1.90. The number of carbonyl (C=O) groups excluding carboxylic acids is 4. The molecule has 11 heteroatoms. The Bertz CT molecular complexity index is 1280. The monoisotopic (exact) mass is 528 g/mol. The fourth-order valence-electron chi connectivity index (χ4n) is 7.32. The number of nitrogens with one attached hydrogen (secondary N) is 1. The van der Waals surface area contributed by atoms with E-state index in [1.165, 1.54) is 11.0 Å². The Balaban J connectivity index is 1.58. The average molecular weight is 529 g/mol. The lowest BCUT2D eigenvalue weighted by atomic mass is 9.52. The van der Waals surface area contributed by atoms with Crippen molar-refractivity contribution in [3.8, 4) is 5.75 Å². The number of hydrogen-bond donors (Lipinski definition) is 4. The van der Waals surface area contributed by atoms with Crippen molar-refractivity contribution in [3.05, 3.63) is 28.6 Å². The van der Waals surface area contributed by atoms with Crippen LogP contribution < -0.4 is 5.73 Å². The zero-order chi connectivity index (χ0) is 27.8. The molecule has 1 aromatic rings. The number of nitrogens with two attached hydrogens (primary N) is 1. The standard InChI is InChI=1S/C27H33FN4O6/c1-11-5-4-6-32(11)10-13-9-16(33)18-14(20(13)28)7-12-8-15-21(31(2)3)23(35)19(26(30)37)24(29)27(15,38)25(36)17(12)22(18)34/h9,11-12,15,17,19,21,29,33,38H,4-8,10H2,1-3H3,(H2,30,37). The van der Waals surface area contributed by atoms with Crippen LogP contribution >= 0.6 is 0 Å². The molecule has 38 heavy (non-hydrogen) atoms. The Labute approximate surface area is 219 Å². The molecule has 1 amide bonds. The number of phenolic OH excluding ortho intramolecular Hbond substituents is 1. The molecule has 0 radical (unpaired) electrons. The van der Waals surface area contributed by atoms with Crippen LogP contribution in [0.3, 0.4) is 0 Å². The maximum atomic E-state index is 15.8. The van der Waals surface area contributed by atoms with E-state index in [-0.39, 0.29) is 42.1 Å². The second kappa shape index (κ2) is 9.03. The van der Waals surface area contributed by atoms with Crippen LogP contribution in [0.4, 0.5) is 4.39 Å². The Morgan fingerprint density at radius 3 is 2.58 bits per heavy atom. The van der Waals surface area contributed by atoms with Gasteiger partial charge >= 0.3 is 0 Å². The number of likely N-dealkylation sites (tertiary alicyclic amines) is 1. The number of ketones is 3. The second-order valence-electron chi connectivity index (χ2n) is 11.5. The average Bonchev–Trinajstić information content (AvgIpc) is 3.23. The van der Waals surface area contributed by atoms with Crippen LogP contribution in [0, 0.1) is 34.9 Å². The first-order chi connectivity index (χ1) is 17.8. The minimum absolute atomic E-state index is 0.0324. The third-order valence-corrected chi connectivity index (χ3v) is 9.20. The fourth-order valence-corrected chi connectivity index (χ4v) is 7.32. The van der Waals surface area contributed by atoms with Crippen molar-refractivity contribution in [3.63, 3.8) is 0 Å². The van der Waals surface area contributed by atoms with Gasteiger partial charge in [-0.3, -0.25) is 29.0 Å². The van der Waals surface area contributed by atoms with Crippen molar-refractivity contribution in [2.45, 2.75) is 56.8 Å². The Hall–Kier alpha value is -3.02. The molecule has 0 bridgehead atoms. The number of halogens is 1. The van der Waals surface area contributed by atoms with E-state index in [0.717, 1.165) is 19.4 Å². The molecule has 1 aliphatic heterocycles. The molecule has 7 atom stereocenters. The predicted octanol–water partition coefficient (Wildman–Crippen LogP) is 0.441. The minimum atomic E-state index is -2.57. The number of aromatic hydroxyl groups is 1. The maximum Gasteiger partial charge on any atom is 0.233 e. The molecule has 2 saturated carbocycles. The number of likely N-dealkylation sites (N-methyl/N-ethyl adjacent to an activating group) is 1. The summed E-state index contributed by atoms with van der Waals surface area (Å²) >= 11 is 0. The van der Waals surface area contributed by atoms with Gasteiger partial charge in [-0.25, -0.2) is 4.39 Å². The van der Waals surface area contributed by atoms with Gasteiger partial charge < -0.3 is 21.4 Å². The van der Waals surface area contributed by atoms with E-state index in [1.54, 1.807) is 14.1 Å². The van der Waals surface area contributed by atoms with Gasteiger partial charge in [0, 0.05) is 29.6 Å². The third-order valence-electron chi connectivity index (χ3n) is 9.20. The zero-order valence-corrected chi connectivity index (χ0v) is 21.7. The predicted molar refractivity (Wildman–Crippen MR) is 133 cm³/mol. The highest BCUT2D eigenvalue weighted by Gasteiger charge is 2.67. The normalized spacial score (nSPS) is 35.3. The number of benzene rings is 1. The van der Waals surface area contributed by atoms with Crippen LogP contribution in [0.5, 0.6) is 5.75 Å². The third kappa shape index (κ3) is 3.59. The number of carbonyl (C=O) groups is 4. The summed E-state index contributed by atoms with van der Waals surface area (Å²) in [6.45, 7) is 3.13. The van der Waals surface area contributed by atoms with Crippen molar-refractivity contribution in [2.75, 3.05) is 20.6 Å². The lowest BCUT2D eigenvalue weighted by molar-refractivity contribution is -0.157. The topological polar surface area (TPSA) is 165 Å². The highest BCUT2D eigenvalue weighted by atomic mass is 19.1. The molecule has 204 valence electrons. The quantitative estimate of drug-likeness (QED) is 0.409. The molecule has 0 aromatic heterocycles. The Morgan fingerprint density at radius 2 is 2.00 bits per heavy atom. The van der Waals surface area contributed by atoms with E-state index in [4.69, 9.17) is 11.1 Å². The van der Waals surface area contributed by atoms with E-state index in [1.807, 2.05) is 0 Å². The first kappa shape index (κ1) is 26.6. The second-order valence-corrected chi connectivity index (χ2v) is 11.5. The van der Waals surface area contributed by atoms with Crippen molar-refractivity contribution in [1.29, 1.82) is 5.41 Å². The lowest BCUT2D eigenvalue weighted by Gasteiger charge is -2.53. The number of fused-ring (bicyclic) bond motifs is 3. The molecular weight excluding hydrogens is 495 g/mol. The summed E-state index contributed by atoms with van der Waals surface area (Å²) in [5.74, 6) is -9.86. The van der Waals surface area contributed by atoms with Gasteiger partial charge in [0.15, 0.2) is 23.0 Å². The van der Waals surface area contributed by atoms with Crippen LogP contribution in [0.1, 0.15) is 47.7 Å². The lowest BCUT2D eigenvalue weighted by Crippen LogP contribution is -2.73. The van der Waals surface area contributed by atoms with E-state index in [2.05, 4.69) is 11.8 Å². The molecule has 7 unspecified atom stereocenters. The minimum Gasteiger partial charge on any atom is -0.507 e. The zero-order valence-electron chi connectivity index (χ0n) is 21.7. The number of amides is 1. The first-order valence-electron chi connectivity index (χ1n) is 13.0. The molecule has 3 fully saturated rings. The molecular formula is C27H33FN4O6. The van der Waals surface area contributed by atoms with Gasteiger partial charge in [0.1, 0.15) is 17.5 Å². The fraction of sp³-hybridized carbons (Fsp3) is 0.593. The van der Waals surface area contributed by atoms with Gasteiger partial charge in [-0.1, -0.05) is 0 Å². The number of hydrogen-bond acceptors (Lipinski definition) is 9. The van der Waals surface area contributed by atoms with Gasteiger partial charge in [0.25, 0.3) is 0 Å². The number of Topliss-reactive ketones (excluding diaryl/α,β-unsaturated/α-hetero) is 3. The Morgan fingerprint density at radius 1 is 1.32 bits per heavy atom. The summed E-state index contributed by atoms with van der Waals surface area (Å²) in [5.41, 5.74) is 2.00. The molecule has 5 rings (SSSR count). The molecule has 1 heterocycles. The maximum absolute atomic E-state index is 15.8. The van der Waals surface area contributed by atoms with Crippen LogP contribution in [-0.4, -0.2) is 87.3 Å². The van der Waals surface area contributed by atoms with E-state index in [9.17, 15) is 29.4 Å². The Kier molecular flexibility index (Phi) is 6.32. The molecule has 1 aromatic carbocycles. The number of aliphatic hydroxyl groups is 1. The van der Waals surface area contributed by atoms with Crippen LogP contribution in [0.15, 0.2) is 6.07 Å². The number of nitrogens with zero attached hydrogens (tertiary/aromatic N) is 2. The largest absolute Gasteiger partial charge is 0.507 e. The summed E-state index contributed by atoms with van der Waals surface area (Å²) in [4.78, 5) is 56.4. The summed E-state index contributed by atoms with van der Waals surface area (Å²) in [7, 11) is 3.11. The first-order valence-corrected chi connectivity index (χ1v) is 13.0. The molecule has 10 nitrogen and oxygen atoms in total. The number of primary amides is 1. The van der Waals surface area contributed by atoms with E-state index in [0.29, 0.717) is 0 Å². The van der Waals surface area contributed by atoms with Crippen molar-refractivity contribution >= 4 is 29.0 Å². The van der Waals surface area contributed by atoms with E-state index >= 15 is 4.39 Å². The van der Waals surface area contributed by atoms with Crippen molar-refractivity contribution < 1.29 is 33.8 Å². The van der Waals surface area contributed by atoms with Gasteiger partial charge in [-0.05, 0) is 65.2 Å².